The number of unbranched alkanes of at least 4 members (excludes halogenated alkanes) is 4. The number of carbonyl (C=O) groups is 1. The zero-order valence-electron chi connectivity index (χ0n) is 17.2. The summed E-state index contributed by atoms with van der Waals surface area (Å²) in [6.45, 7) is 4.05. The molecular formula is C22H24Cl2N2O4. The highest BCUT2D eigenvalue weighted by Crippen LogP contribution is 2.36. The summed E-state index contributed by atoms with van der Waals surface area (Å²) in [5, 5.41) is 19.9. The molecule has 0 saturated carbocycles. The number of aromatic hydroxyl groups is 1. The van der Waals surface area contributed by atoms with Crippen molar-refractivity contribution in [3.05, 3.63) is 54.8 Å². The molecule has 1 aromatic carbocycles. The Bertz CT molecular complexity index is 1030. The number of aromatic nitrogens is 1. The average Bonchev–Trinajstić information content (AvgIpc) is 2.70. The Morgan fingerprint density at radius 1 is 1.20 bits per heavy atom. The fourth-order valence-electron chi connectivity index (χ4n) is 3.14. The van der Waals surface area contributed by atoms with Crippen LogP contribution in [0.15, 0.2) is 16.9 Å². The van der Waals surface area contributed by atoms with Crippen LogP contribution in [-0.2, 0) is 7.05 Å². The molecule has 2 rings (SSSR count). The lowest BCUT2D eigenvalue weighted by molar-refractivity contribution is 0.103. The maximum atomic E-state index is 13.1. The number of halogens is 2. The summed E-state index contributed by atoms with van der Waals surface area (Å²) in [4.78, 5) is 25.2. The Hall–Kier alpha value is -2.49. The minimum Gasteiger partial charge on any atom is -0.494 e. The third-order valence-electron chi connectivity index (χ3n) is 4.90. The largest absolute Gasteiger partial charge is 0.494 e. The van der Waals surface area contributed by atoms with E-state index in [0.717, 1.165) is 30.3 Å². The summed E-state index contributed by atoms with van der Waals surface area (Å²) < 4.78 is 6.55. The average molecular weight is 451 g/mol. The molecule has 6 nitrogen and oxygen atoms in total. The number of pyridine rings is 1. The first-order valence-corrected chi connectivity index (χ1v) is 10.5. The molecule has 0 aliphatic heterocycles. The van der Waals surface area contributed by atoms with Crippen LogP contribution in [-0.4, -0.2) is 22.1 Å². The lowest BCUT2D eigenvalue weighted by Gasteiger charge is -2.14. The SMILES string of the molecule is CCCCCCCOc1c(Cl)cc(C(=O)c2c(C)c(C#N)c(=O)n(C)c2O)cc1Cl. The van der Waals surface area contributed by atoms with Crippen molar-refractivity contribution in [1.82, 2.24) is 4.57 Å². The molecule has 0 aliphatic carbocycles. The van der Waals surface area contributed by atoms with Gasteiger partial charge in [0.15, 0.2) is 11.5 Å². The molecule has 0 unspecified atom stereocenters. The van der Waals surface area contributed by atoms with Crippen molar-refractivity contribution < 1.29 is 14.6 Å². The van der Waals surface area contributed by atoms with Crippen LogP contribution < -0.4 is 10.3 Å². The monoisotopic (exact) mass is 450 g/mol. The number of ether oxygens (including phenoxy) is 1. The molecule has 160 valence electrons. The molecule has 0 amide bonds. The normalized spacial score (nSPS) is 10.7. The van der Waals surface area contributed by atoms with Gasteiger partial charge in [0, 0.05) is 12.6 Å². The number of nitrogens with zero attached hydrogens (tertiary/aromatic N) is 2. The Morgan fingerprint density at radius 3 is 2.37 bits per heavy atom. The summed E-state index contributed by atoms with van der Waals surface area (Å²) in [5.74, 6) is -0.835. The second-order valence-electron chi connectivity index (χ2n) is 7.04. The molecule has 1 heterocycles. The van der Waals surface area contributed by atoms with Gasteiger partial charge in [-0.05, 0) is 31.0 Å². The fourth-order valence-corrected chi connectivity index (χ4v) is 3.74. The maximum Gasteiger partial charge on any atom is 0.271 e. The Balaban J connectivity index is 2.32. The number of benzene rings is 1. The minimum atomic E-state index is -0.678. The standard InChI is InChI=1S/C22H24Cl2N2O4/c1-4-5-6-7-8-9-30-20-16(23)10-14(11-17(20)24)19(27)18-13(2)15(12-25)21(28)26(3)22(18)29/h10-11,29H,4-9H2,1-3H3. The van der Waals surface area contributed by atoms with Crippen molar-refractivity contribution in [1.29, 1.82) is 5.26 Å². The molecule has 30 heavy (non-hydrogen) atoms. The van der Waals surface area contributed by atoms with E-state index in [2.05, 4.69) is 6.92 Å². The van der Waals surface area contributed by atoms with Crippen LogP contribution in [0.25, 0.3) is 0 Å². The molecular weight excluding hydrogens is 427 g/mol. The molecule has 0 fully saturated rings. The van der Waals surface area contributed by atoms with Crippen LogP contribution in [0.5, 0.6) is 11.6 Å². The van der Waals surface area contributed by atoms with Crippen molar-refractivity contribution in [2.24, 2.45) is 7.05 Å². The van der Waals surface area contributed by atoms with E-state index < -0.39 is 17.2 Å². The molecule has 0 spiro atoms. The van der Waals surface area contributed by atoms with E-state index in [1.807, 2.05) is 0 Å². The molecule has 1 N–H and O–H groups in total. The van der Waals surface area contributed by atoms with E-state index in [9.17, 15) is 20.0 Å². The Labute approximate surface area is 185 Å². The first-order valence-electron chi connectivity index (χ1n) is 9.73. The van der Waals surface area contributed by atoms with Gasteiger partial charge in [-0.25, -0.2) is 0 Å². The van der Waals surface area contributed by atoms with E-state index in [0.29, 0.717) is 12.4 Å². The van der Waals surface area contributed by atoms with E-state index in [1.54, 1.807) is 6.07 Å². The predicted octanol–water partition coefficient (Wildman–Crippen LogP) is 5.16. The molecule has 2 aromatic rings. The van der Waals surface area contributed by atoms with E-state index in [-0.39, 0.29) is 32.3 Å². The van der Waals surface area contributed by atoms with Crippen LogP contribution >= 0.6 is 23.2 Å². The van der Waals surface area contributed by atoms with Gasteiger partial charge >= 0.3 is 0 Å². The minimum absolute atomic E-state index is 0.0998. The van der Waals surface area contributed by atoms with Crippen LogP contribution in [0.2, 0.25) is 10.0 Å². The number of rotatable bonds is 9. The van der Waals surface area contributed by atoms with Gasteiger partial charge in [0.05, 0.1) is 22.2 Å². The third kappa shape index (κ3) is 4.97. The quantitative estimate of drug-likeness (QED) is 0.420. The van der Waals surface area contributed by atoms with Crippen molar-refractivity contribution in [3.63, 3.8) is 0 Å². The number of ketones is 1. The second-order valence-corrected chi connectivity index (χ2v) is 7.85. The topological polar surface area (TPSA) is 92.3 Å². The van der Waals surface area contributed by atoms with Gasteiger partial charge in [0.25, 0.3) is 5.56 Å². The van der Waals surface area contributed by atoms with Gasteiger partial charge < -0.3 is 9.84 Å². The van der Waals surface area contributed by atoms with Crippen molar-refractivity contribution in [2.45, 2.75) is 46.0 Å². The zero-order valence-corrected chi connectivity index (χ0v) is 18.7. The molecule has 8 heteroatoms. The second kappa shape index (κ2) is 10.5. The van der Waals surface area contributed by atoms with Crippen LogP contribution in [0.3, 0.4) is 0 Å². The highest BCUT2D eigenvalue weighted by Gasteiger charge is 2.25. The van der Waals surface area contributed by atoms with Crippen LogP contribution in [0.1, 0.15) is 66.1 Å². The van der Waals surface area contributed by atoms with Crippen LogP contribution in [0.4, 0.5) is 0 Å². The van der Waals surface area contributed by atoms with E-state index in [1.165, 1.54) is 32.5 Å². The lowest BCUT2D eigenvalue weighted by Crippen LogP contribution is -2.24. The van der Waals surface area contributed by atoms with Gasteiger partial charge in [-0.2, -0.15) is 5.26 Å². The summed E-state index contributed by atoms with van der Waals surface area (Å²) >= 11 is 12.6. The molecule has 0 aliphatic rings. The molecule has 0 bridgehead atoms. The lowest BCUT2D eigenvalue weighted by atomic mass is 9.97. The first-order chi connectivity index (χ1) is 14.2. The van der Waals surface area contributed by atoms with Crippen molar-refractivity contribution in [3.8, 4) is 17.7 Å². The smallest absolute Gasteiger partial charge is 0.271 e. The first kappa shape index (κ1) is 23.8. The summed E-state index contributed by atoms with van der Waals surface area (Å²) in [5.41, 5.74) is -0.823. The number of carbonyl (C=O) groups excluding carboxylic acids is 1. The van der Waals surface area contributed by atoms with Gasteiger partial charge in [0.1, 0.15) is 11.6 Å². The van der Waals surface area contributed by atoms with Gasteiger partial charge in [-0.3, -0.25) is 14.2 Å². The number of hydrogen-bond donors (Lipinski definition) is 1. The Morgan fingerprint density at radius 2 is 1.80 bits per heavy atom. The fraction of sp³-hybridized carbons (Fsp3) is 0.409. The van der Waals surface area contributed by atoms with Gasteiger partial charge in [-0.1, -0.05) is 55.8 Å². The maximum absolute atomic E-state index is 13.1. The summed E-state index contributed by atoms with van der Waals surface area (Å²) in [7, 11) is 1.28. The third-order valence-corrected chi connectivity index (χ3v) is 5.46. The van der Waals surface area contributed by atoms with Crippen molar-refractivity contribution >= 4 is 29.0 Å². The van der Waals surface area contributed by atoms with Gasteiger partial charge in [-0.15, -0.1) is 0 Å². The predicted molar refractivity (Wildman–Crippen MR) is 117 cm³/mol. The highest BCUT2D eigenvalue weighted by atomic mass is 35.5. The number of nitriles is 1. The summed E-state index contributed by atoms with van der Waals surface area (Å²) in [6.07, 6.45) is 5.40. The summed E-state index contributed by atoms with van der Waals surface area (Å²) in [6, 6.07) is 4.58. The molecule has 1 aromatic heterocycles. The zero-order chi connectivity index (χ0) is 22.4. The van der Waals surface area contributed by atoms with Crippen molar-refractivity contribution in [2.75, 3.05) is 6.61 Å². The van der Waals surface area contributed by atoms with E-state index >= 15 is 0 Å². The Kier molecular flexibility index (Phi) is 8.33. The molecule has 0 atom stereocenters. The number of hydrogen-bond acceptors (Lipinski definition) is 5. The highest BCUT2D eigenvalue weighted by molar-refractivity contribution is 6.38. The van der Waals surface area contributed by atoms with Crippen LogP contribution in [0, 0.1) is 18.3 Å². The van der Waals surface area contributed by atoms with E-state index in [4.69, 9.17) is 27.9 Å². The molecule has 0 saturated heterocycles. The van der Waals surface area contributed by atoms with Gasteiger partial charge in [0.2, 0.25) is 5.88 Å². The molecule has 0 radical (unpaired) electrons.